The molecule has 6 aliphatic carbocycles. The van der Waals surface area contributed by atoms with Crippen LogP contribution in [0.2, 0.25) is 0 Å². The first kappa shape index (κ1) is 54.4. The number of rotatable bonds is 18. The van der Waals surface area contributed by atoms with E-state index in [-0.39, 0.29) is 6.10 Å². The van der Waals surface area contributed by atoms with Gasteiger partial charge in [0, 0.05) is 18.5 Å². The zero-order chi connectivity index (χ0) is 44.0. The molecule has 1 aliphatic heterocycles. The van der Waals surface area contributed by atoms with Gasteiger partial charge in [0.15, 0.2) is 0 Å². The molecule has 4 unspecified atom stereocenters. The second-order valence-corrected chi connectivity index (χ2v) is 22.7. The van der Waals surface area contributed by atoms with Crippen LogP contribution in [0.1, 0.15) is 246 Å². The first-order chi connectivity index (χ1) is 30.4. The largest absolute Gasteiger partial charge is 0.389 e. The zero-order valence-electron chi connectivity index (χ0n) is 41.7. The van der Waals surface area contributed by atoms with Gasteiger partial charge in [-0.25, -0.2) is 0 Å². The van der Waals surface area contributed by atoms with Crippen molar-refractivity contribution in [1.29, 1.82) is 0 Å². The molecule has 0 radical (unpaired) electrons. The smallest absolute Gasteiger partial charge is 0.0756 e. The highest BCUT2D eigenvalue weighted by molar-refractivity contribution is 9.09. The van der Waals surface area contributed by atoms with Gasteiger partial charge >= 0.3 is 0 Å². The van der Waals surface area contributed by atoms with E-state index >= 15 is 0 Å². The summed E-state index contributed by atoms with van der Waals surface area (Å²) in [6.07, 6.45) is 57.4. The first-order valence-corrected chi connectivity index (χ1v) is 29.4. The van der Waals surface area contributed by atoms with E-state index in [9.17, 15) is 5.11 Å². The molecule has 1 saturated heterocycles. The van der Waals surface area contributed by atoms with Gasteiger partial charge in [-0.1, -0.05) is 196 Å². The number of aliphatic hydroxyl groups is 1. The van der Waals surface area contributed by atoms with Gasteiger partial charge in [0.1, 0.15) is 0 Å². The van der Waals surface area contributed by atoms with Crippen molar-refractivity contribution in [3.8, 4) is 0 Å². The molecule has 4 heteroatoms. The molecule has 5 fully saturated rings. The second-order valence-electron chi connectivity index (χ2n) is 22.1. The van der Waals surface area contributed by atoms with Gasteiger partial charge in [0.2, 0.25) is 0 Å². The Morgan fingerprint density at radius 2 is 0.887 bits per heavy atom. The summed E-state index contributed by atoms with van der Waals surface area (Å²) in [5.41, 5.74) is 0. The van der Waals surface area contributed by atoms with Gasteiger partial charge in [-0.3, -0.25) is 0 Å². The third-order valence-corrected chi connectivity index (χ3v) is 18.0. The Hall–Kier alpha value is -0.160. The fourth-order valence-electron chi connectivity index (χ4n) is 12.7. The lowest BCUT2D eigenvalue weighted by Crippen LogP contribution is -2.27. The number of allylic oxidation sites excluding steroid dienone is 2. The van der Waals surface area contributed by atoms with Crippen molar-refractivity contribution in [2.24, 2.45) is 59.2 Å². The lowest BCUT2D eigenvalue weighted by atomic mass is 9.72. The molecule has 362 valence electrons. The van der Waals surface area contributed by atoms with Crippen molar-refractivity contribution in [2.75, 3.05) is 25.2 Å². The van der Waals surface area contributed by atoms with Crippen LogP contribution in [0, 0.1) is 59.2 Å². The average Bonchev–Trinajstić information content (AvgIpc) is 3.92. The quantitative estimate of drug-likeness (QED) is 0.0846. The minimum atomic E-state index is -0.160. The molecule has 0 bridgehead atoms. The van der Waals surface area contributed by atoms with E-state index in [0.29, 0.717) is 6.10 Å². The Kier molecular flexibility index (Phi) is 30.0. The van der Waals surface area contributed by atoms with Crippen LogP contribution in [0.3, 0.4) is 0 Å². The number of aliphatic hydroxyl groups excluding tert-OH is 1. The number of unbranched alkanes of at least 4 members (excludes halogenated alkanes) is 4. The van der Waals surface area contributed by atoms with Gasteiger partial charge in [0.05, 0.1) is 18.8 Å². The number of alkyl halides is 1. The number of hydrogen-bond acceptors (Lipinski definition) is 3. The van der Waals surface area contributed by atoms with Crippen molar-refractivity contribution < 1.29 is 14.6 Å². The van der Waals surface area contributed by atoms with Crippen LogP contribution in [-0.2, 0) is 9.47 Å². The minimum absolute atomic E-state index is 0.160. The highest BCUT2D eigenvalue weighted by Gasteiger charge is 2.30. The molecule has 62 heavy (non-hydrogen) atoms. The van der Waals surface area contributed by atoms with E-state index in [4.69, 9.17) is 9.47 Å². The number of halogens is 1. The van der Waals surface area contributed by atoms with Gasteiger partial charge in [-0.2, -0.15) is 0 Å². The lowest BCUT2D eigenvalue weighted by molar-refractivity contribution is 0.0286. The van der Waals surface area contributed by atoms with Crippen molar-refractivity contribution in [2.45, 2.75) is 258 Å². The maximum absolute atomic E-state index is 9.45. The van der Waals surface area contributed by atoms with Gasteiger partial charge in [-0.05, 0) is 149 Å². The van der Waals surface area contributed by atoms with Crippen LogP contribution in [0.15, 0.2) is 24.3 Å². The number of hydrogen-bond donors (Lipinski definition) is 1. The summed E-state index contributed by atoms with van der Waals surface area (Å²) < 4.78 is 11.3. The Labute approximate surface area is 395 Å². The zero-order valence-corrected chi connectivity index (χ0v) is 43.3. The van der Waals surface area contributed by atoms with Crippen molar-refractivity contribution in [3.05, 3.63) is 24.3 Å². The highest BCUT2D eigenvalue weighted by Crippen LogP contribution is 2.41. The van der Waals surface area contributed by atoms with Crippen LogP contribution >= 0.6 is 15.9 Å². The molecule has 0 aromatic heterocycles. The van der Waals surface area contributed by atoms with E-state index in [1.165, 1.54) is 217 Å². The molecule has 0 spiro atoms. The molecule has 3 nitrogen and oxygen atoms in total. The van der Waals surface area contributed by atoms with Crippen molar-refractivity contribution in [3.63, 3.8) is 0 Å². The van der Waals surface area contributed by atoms with Crippen molar-refractivity contribution >= 4 is 15.9 Å². The average molecular weight is 930 g/mol. The molecule has 0 aromatic rings. The summed E-state index contributed by atoms with van der Waals surface area (Å²) in [6, 6.07) is 0. The van der Waals surface area contributed by atoms with Gasteiger partial charge < -0.3 is 14.6 Å². The monoisotopic (exact) mass is 929 g/mol. The molecule has 0 amide bonds. The summed E-state index contributed by atoms with van der Waals surface area (Å²) in [7, 11) is 0. The van der Waals surface area contributed by atoms with Crippen LogP contribution in [0.25, 0.3) is 0 Å². The SMILES string of the molecule is C1CCOC1.CCCC1CCC(C2C=CC(O)CC2)CC1.CCCCCC1CCC(CBr)CC1.CCCCCC1CCC(COC2C=CC(C3CCC(CCC)CC3)CC2)CC1. The van der Waals surface area contributed by atoms with Gasteiger partial charge in [0.25, 0.3) is 0 Å². The van der Waals surface area contributed by atoms with E-state index < -0.39 is 0 Å². The summed E-state index contributed by atoms with van der Waals surface area (Å²) in [6.45, 7) is 12.3. The highest BCUT2D eigenvalue weighted by atomic mass is 79.9. The van der Waals surface area contributed by atoms with Crippen LogP contribution in [0.5, 0.6) is 0 Å². The van der Waals surface area contributed by atoms with E-state index in [1.54, 1.807) is 0 Å². The summed E-state index contributed by atoms with van der Waals surface area (Å²) in [5, 5.41) is 10.7. The third kappa shape index (κ3) is 22.6. The summed E-state index contributed by atoms with van der Waals surface area (Å²) in [5.74, 6) is 9.46. The molecule has 1 N–H and O–H groups in total. The Morgan fingerprint density at radius 1 is 0.452 bits per heavy atom. The Morgan fingerprint density at radius 3 is 1.27 bits per heavy atom. The van der Waals surface area contributed by atoms with E-state index in [1.807, 2.05) is 6.08 Å². The number of ether oxygens (including phenoxy) is 2. The predicted molar refractivity (Wildman–Crippen MR) is 273 cm³/mol. The normalized spacial score (nSPS) is 34.8. The Bertz CT molecular complexity index is 1080. The molecule has 7 rings (SSSR count). The molecule has 0 aromatic carbocycles. The molecular formula is C58H105BrO3. The van der Waals surface area contributed by atoms with Crippen LogP contribution < -0.4 is 0 Å². The topological polar surface area (TPSA) is 38.7 Å². The van der Waals surface area contributed by atoms with Gasteiger partial charge in [-0.15, -0.1) is 0 Å². The van der Waals surface area contributed by atoms with Crippen molar-refractivity contribution in [1.82, 2.24) is 0 Å². The fraction of sp³-hybridized carbons (Fsp3) is 0.931. The first-order valence-electron chi connectivity index (χ1n) is 28.2. The summed E-state index contributed by atoms with van der Waals surface area (Å²) >= 11 is 3.59. The van der Waals surface area contributed by atoms with Crippen LogP contribution in [0.4, 0.5) is 0 Å². The van der Waals surface area contributed by atoms with E-state index in [2.05, 4.69) is 61.9 Å². The maximum Gasteiger partial charge on any atom is 0.0756 e. The maximum atomic E-state index is 9.45. The molecule has 4 atom stereocenters. The fourth-order valence-corrected chi connectivity index (χ4v) is 13.3. The molecule has 7 aliphatic rings. The predicted octanol–water partition coefficient (Wildman–Crippen LogP) is 17.8. The summed E-state index contributed by atoms with van der Waals surface area (Å²) in [4.78, 5) is 0. The Balaban J connectivity index is 0.000000209. The minimum Gasteiger partial charge on any atom is -0.389 e. The second kappa shape index (κ2) is 34.2. The van der Waals surface area contributed by atoms with E-state index in [0.717, 1.165) is 85.4 Å². The molecule has 1 heterocycles. The standard InChI is InChI=1S/C27H48O.C15H26O.C12H23Br.C4H8O/c1-3-5-6-8-23-9-11-24(12-10-23)21-28-27-19-17-26(18-20-27)25-15-13-22(7-4-2)14-16-25;1-2-3-12-4-6-13(7-5-12)14-8-10-15(16)11-9-14;1-2-3-4-5-11-6-8-12(10-13)9-7-11;1-2-4-5-3-1/h17,19,22-27H,3-16,18,20-21H2,1-2H3;8,10,12-16H,2-7,9,11H2,1H3;11-12H,2-10H2,1H3;1-4H2. The van der Waals surface area contributed by atoms with Crippen LogP contribution in [-0.4, -0.2) is 42.5 Å². The molecule has 4 saturated carbocycles. The lowest BCUT2D eigenvalue weighted by Gasteiger charge is -2.35. The molecular weight excluding hydrogens is 825 g/mol. The third-order valence-electron chi connectivity index (χ3n) is 17.1.